The number of carbonyl (C=O) groups excluding carboxylic acids is 1. The van der Waals surface area contributed by atoms with Crippen LogP contribution < -0.4 is 10.6 Å². The van der Waals surface area contributed by atoms with Crippen molar-refractivity contribution in [2.75, 3.05) is 10.6 Å². The topological polar surface area (TPSA) is 50.4 Å². The molecule has 0 saturated carbocycles. The van der Waals surface area contributed by atoms with Crippen molar-refractivity contribution in [3.63, 3.8) is 0 Å². The van der Waals surface area contributed by atoms with E-state index in [0.29, 0.717) is 15.7 Å². The van der Waals surface area contributed by atoms with Gasteiger partial charge in [0, 0.05) is 16.4 Å². The van der Waals surface area contributed by atoms with Crippen molar-refractivity contribution in [2.45, 2.75) is 20.0 Å². The van der Waals surface area contributed by atoms with Crippen molar-refractivity contribution < 1.29 is 9.53 Å². The van der Waals surface area contributed by atoms with E-state index in [4.69, 9.17) is 28.6 Å². The van der Waals surface area contributed by atoms with Gasteiger partial charge in [0.1, 0.15) is 0 Å². The maximum atomic E-state index is 11.8. The van der Waals surface area contributed by atoms with Gasteiger partial charge in [0.15, 0.2) is 5.11 Å². The lowest BCUT2D eigenvalue weighted by Crippen LogP contribution is -2.19. The monoisotopic (exact) mass is 348 g/mol. The molecule has 0 bridgehead atoms. The van der Waals surface area contributed by atoms with Crippen molar-refractivity contribution in [3.8, 4) is 0 Å². The van der Waals surface area contributed by atoms with Crippen LogP contribution in [0.3, 0.4) is 0 Å². The maximum Gasteiger partial charge on any atom is 0.338 e. The van der Waals surface area contributed by atoms with Crippen LogP contribution in [0.5, 0.6) is 0 Å². The first-order chi connectivity index (χ1) is 10.9. The average Bonchev–Trinajstić information content (AvgIpc) is 2.47. The van der Waals surface area contributed by atoms with Gasteiger partial charge in [0.05, 0.1) is 11.7 Å². The Hall–Kier alpha value is -2.11. The Kier molecular flexibility index (Phi) is 5.96. The van der Waals surface area contributed by atoms with Crippen molar-refractivity contribution in [1.82, 2.24) is 0 Å². The zero-order valence-corrected chi connectivity index (χ0v) is 14.4. The molecule has 0 atom stereocenters. The number of halogens is 1. The summed E-state index contributed by atoms with van der Waals surface area (Å²) in [5, 5.41) is 7.15. The summed E-state index contributed by atoms with van der Waals surface area (Å²) in [6.45, 7) is 3.63. The number of esters is 1. The standard InChI is InChI=1S/C17H17ClN2O2S/c1-11(2)22-16(21)12-6-8-14(9-7-12)19-17(23)20-15-5-3-4-13(18)10-15/h3-11H,1-2H3,(H2,19,20,23). The van der Waals surface area contributed by atoms with Crippen LogP contribution in [0.4, 0.5) is 11.4 Å². The molecule has 2 aromatic carbocycles. The number of anilines is 2. The average molecular weight is 349 g/mol. The molecule has 120 valence electrons. The summed E-state index contributed by atoms with van der Waals surface area (Å²) in [6.07, 6.45) is -0.144. The molecule has 6 heteroatoms. The molecule has 4 nitrogen and oxygen atoms in total. The summed E-state index contributed by atoms with van der Waals surface area (Å²) in [7, 11) is 0. The fourth-order valence-corrected chi connectivity index (χ4v) is 2.26. The Balaban J connectivity index is 1.95. The second-order valence-corrected chi connectivity index (χ2v) is 5.97. The summed E-state index contributed by atoms with van der Waals surface area (Å²) < 4.78 is 5.14. The third-order valence-electron chi connectivity index (χ3n) is 2.80. The summed E-state index contributed by atoms with van der Waals surface area (Å²) in [5.41, 5.74) is 2.07. The number of hydrogen-bond acceptors (Lipinski definition) is 3. The fourth-order valence-electron chi connectivity index (χ4n) is 1.83. The molecule has 0 amide bonds. The highest BCUT2D eigenvalue weighted by atomic mass is 35.5. The van der Waals surface area contributed by atoms with Crippen LogP contribution in [0.25, 0.3) is 0 Å². The highest BCUT2D eigenvalue weighted by molar-refractivity contribution is 7.80. The van der Waals surface area contributed by atoms with Gasteiger partial charge in [0.2, 0.25) is 0 Å². The van der Waals surface area contributed by atoms with Gasteiger partial charge in [-0.25, -0.2) is 4.79 Å². The first-order valence-corrected chi connectivity index (χ1v) is 7.87. The Labute approximate surface area is 145 Å². The van der Waals surface area contributed by atoms with Crippen LogP contribution >= 0.6 is 23.8 Å². The van der Waals surface area contributed by atoms with Crippen LogP contribution in [0, 0.1) is 0 Å². The largest absolute Gasteiger partial charge is 0.459 e. The number of rotatable bonds is 4. The predicted molar refractivity (Wildman–Crippen MR) is 98.3 cm³/mol. The first kappa shape index (κ1) is 17.2. The Morgan fingerprint density at radius 3 is 2.35 bits per heavy atom. The molecule has 0 saturated heterocycles. The Morgan fingerprint density at radius 1 is 1.09 bits per heavy atom. The molecule has 2 N–H and O–H groups in total. The minimum Gasteiger partial charge on any atom is -0.459 e. The lowest BCUT2D eigenvalue weighted by atomic mass is 10.2. The fraction of sp³-hybridized carbons (Fsp3) is 0.176. The SMILES string of the molecule is CC(C)OC(=O)c1ccc(NC(=S)Nc2cccc(Cl)c2)cc1. The van der Waals surface area contributed by atoms with Crippen LogP contribution in [-0.4, -0.2) is 17.2 Å². The minimum absolute atomic E-state index is 0.144. The quantitative estimate of drug-likeness (QED) is 0.618. The molecule has 0 spiro atoms. The molecule has 0 aliphatic rings. The third-order valence-corrected chi connectivity index (χ3v) is 3.24. The molecule has 0 radical (unpaired) electrons. The van der Waals surface area contributed by atoms with Gasteiger partial charge < -0.3 is 15.4 Å². The molecule has 0 heterocycles. The number of thiocarbonyl (C=S) groups is 1. The van der Waals surface area contributed by atoms with Gasteiger partial charge in [-0.1, -0.05) is 17.7 Å². The molecule has 0 aliphatic heterocycles. The number of benzene rings is 2. The van der Waals surface area contributed by atoms with E-state index >= 15 is 0 Å². The molecule has 0 aliphatic carbocycles. The second kappa shape index (κ2) is 7.94. The van der Waals surface area contributed by atoms with Gasteiger partial charge in [-0.3, -0.25) is 0 Å². The third kappa shape index (κ3) is 5.54. The van der Waals surface area contributed by atoms with E-state index in [1.807, 2.05) is 26.0 Å². The van der Waals surface area contributed by atoms with Crippen molar-refractivity contribution >= 4 is 46.3 Å². The highest BCUT2D eigenvalue weighted by Gasteiger charge is 2.09. The van der Waals surface area contributed by atoms with Gasteiger partial charge in [-0.05, 0) is 68.5 Å². The highest BCUT2D eigenvalue weighted by Crippen LogP contribution is 2.16. The molecular weight excluding hydrogens is 332 g/mol. The van der Waals surface area contributed by atoms with E-state index in [1.165, 1.54) is 0 Å². The molecule has 2 aromatic rings. The Bertz CT molecular complexity index is 702. The first-order valence-electron chi connectivity index (χ1n) is 7.08. The summed E-state index contributed by atoms with van der Waals surface area (Å²) in [5.74, 6) is -0.342. The van der Waals surface area contributed by atoms with Crippen molar-refractivity contribution in [3.05, 3.63) is 59.1 Å². The zero-order valence-electron chi connectivity index (χ0n) is 12.8. The molecule has 0 unspecified atom stereocenters. The summed E-state index contributed by atoms with van der Waals surface area (Å²) in [6, 6.07) is 14.2. The maximum absolute atomic E-state index is 11.8. The minimum atomic E-state index is -0.342. The molecule has 2 rings (SSSR count). The van der Waals surface area contributed by atoms with Crippen LogP contribution in [-0.2, 0) is 4.74 Å². The van der Waals surface area contributed by atoms with Crippen LogP contribution in [0.15, 0.2) is 48.5 Å². The predicted octanol–water partition coefficient (Wildman–Crippen LogP) is 4.71. The molecule has 23 heavy (non-hydrogen) atoms. The van der Waals surface area contributed by atoms with E-state index in [0.717, 1.165) is 11.4 Å². The molecular formula is C17H17ClN2O2S. The van der Waals surface area contributed by atoms with Gasteiger partial charge >= 0.3 is 5.97 Å². The van der Waals surface area contributed by atoms with Gasteiger partial charge in [-0.2, -0.15) is 0 Å². The lowest BCUT2D eigenvalue weighted by Gasteiger charge is -2.11. The van der Waals surface area contributed by atoms with Crippen molar-refractivity contribution in [2.24, 2.45) is 0 Å². The number of hydrogen-bond donors (Lipinski definition) is 2. The van der Waals surface area contributed by atoms with E-state index < -0.39 is 0 Å². The van der Waals surface area contributed by atoms with Crippen LogP contribution in [0.2, 0.25) is 5.02 Å². The normalized spacial score (nSPS) is 10.3. The van der Waals surface area contributed by atoms with E-state index in [-0.39, 0.29) is 12.1 Å². The van der Waals surface area contributed by atoms with E-state index in [1.54, 1.807) is 36.4 Å². The molecule has 0 fully saturated rings. The number of carbonyl (C=O) groups is 1. The lowest BCUT2D eigenvalue weighted by molar-refractivity contribution is 0.0378. The Morgan fingerprint density at radius 2 is 1.74 bits per heavy atom. The van der Waals surface area contributed by atoms with Gasteiger partial charge in [-0.15, -0.1) is 0 Å². The number of ether oxygens (including phenoxy) is 1. The zero-order chi connectivity index (χ0) is 16.8. The second-order valence-electron chi connectivity index (χ2n) is 5.12. The van der Waals surface area contributed by atoms with E-state index in [2.05, 4.69) is 10.6 Å². The summed E-state index contributed by atoms with van der Waals surface area (Å²) >= 11 is 11.2. The number of nitrogens with one attached hydrogen (secondary N) is 2. The molecule has 0 aromatic heterocycles. The van der Waals surface area contributed by atoms with Gasteiger partial charge in [0.25, 0.3) is 0 Å². The van der Waals surface area contributed by atoms with E-state index in [9.17, 15) is 4.79 Å². The summed E-state index contributed by atoms with van der Waals surface area (Å²) in [4.78, 5) is 11.8. The van der Waals surface area contributed by atoms with Crippen LogP contribution in [0.1, 0.15) is 24.2 Å². The van der Waals surface area contributed by atoms with Crippen molar-refractivity contribution in [1.29, 1.82) is 0 Å². The smallest absolute Gasteiger partial charge is 0.338 e.